The summed E-state index contributed by atoms with van der Waals surface area (Å²) in [6.45, 7) is 2.89. The lowest BCUT2D eigenvalue weighted by molar-refractivity contribution is -0.134. The van der Waals surface area contributed by atoms with E-state index in [0.29, 0.717) is 42.3 Å². The number of amides is 2. The van der Waals surface area contributed by atoms with E-state index in [4.69, 9.17) is 11.6 Å². The number of carbonyl (C=O) groups excluding carboxylic acids is 2. The van der Waals surface area contributed by atoms with Crippen LogP contribution in [0.1, 0.15) is 28.9 Å². The predicted octanol–water partition coefficient (Wildman–Crippen LogP) is 2.77. The number of aryl methyl sites for hydroxylation is 1. The standard InChI is InChI=1S/C19H23ClN4O2/c1-13-16(17(20)24(21-13)15-7-5-4-6-8-15)19(26)23-11-9-14(10-12-23)18(25)22(2)3/h4-8,14H,9-12H2,1-3H3. The Morgan fingerprint density at radius 2 is 1.77 bits per heavy atom. The predicted molar refractivity (Wildman–Crippen MR) is 101 cm³/mol. The molecular formula is C19H23ClN4O2. The van der Waals surface area contributed by atoms with Gasteiger partial charge in [-0.2, -0.15) is 5.10 Å². The summed E-state index contributed by atoms with van der Waals surface area (Å²) in [7, 11) is 3.53. The molecule has 1 fully saturated rings. The molecule has 0 unspecified atom stereocenters. The van der Waals surface area contributed by atoms with Crippen molar-refractivity contribution in [3.05, 3.63) is 46.7 Å². The maximum absolute atomic E-state index is 13.0. The van der Waals surface area contributed by atoms with E-state index in [1.54, 1.807) is 35.5 Å². The first-order valence-corrected chi connectivity index (χ1v) is 9.09. The van der Waals surface area contributed by atoms with Crippen molar-refractivity contribution >= 4 is 23.4 Å². The first-order valence-electron chi connectivity index (χ1n) is 8.71. The molecule has 1 aliphatic rings. The summed E-state index contributed by atoms with van der Waals surface area (Å²) in [5.74, 6) is -0.00805. The second-order valence-corrected chi connectivity index (χ2v) is 7.16. The minimum atomic E-state index is -0.120. The number of para-hydroxylation sites is 1. The molecule has 0 radical (unpaired) electrons. The third-order valence-electron chi connectivity index (χ3n) is 4.79. The number of nitrogens with zero attached hydrogens (tertiary/aromatic N) is 4. The fraction of sp³-hybridized carbons (Fsp3) is 0.421. The van der Waals surface area contributed by atoms with Gasteiger partial charge in [-0.1, -0.05) is 29.8 Å². The quantitative estimate of drug-likeness (QED) is 0.830. The lowest BCUT2D eigenvalue weighted by Gasteiger charge is -2.32. The third-order valence-corrected chi connectivity index (χ3v) is 5.14. The molecule has 2 heterocycles. The summed E-state index contributed by atoms with van der Waals surface area (Å²) < 4.78 is 1.59. The molecular weight excluding hydrogens is 352 g/mol. The Kier molecular flexibility index (Phi) is 5.32. The van der Waals surface area contributed by atoms with Gasteiger partial charge < -0.3 is 9.80 Å². The first kappa shape index (κ1) is 18.5. The molecule has 0 bridgehead atoms. The molecule has 26 heavy (non-hydrogen) atoms. The van der Waals surface area contributed by atoms with E-state index in [2.05, 4.69) is 5.10 Å². The van der Waals surface area contributed by atoms with Gasteiger partial charge in [0.05, 0.1) is 16.9 Å². The van der Waals surface area contributed by atoms with Gasteiger partial charge in [0.1, 0.15) is 5.15 Å². The summed E-state index contributed by atoms with van der Waals surface area (Å²) >= 11 is 6.49. The molecule has 0 spiro atoms. The molecule has 3 rings (SSSR count). The number of piperidine rings is 1. The topological polar surface area (TPSA) is 58.4 Å². The smallest absolute Gasteiger partial charge is 0.258 e. The van der Waals surface area contributed by atoms with Crippen molar-refractivity contribution in [1.29, 1.82) is 0 Å². The summed E-state index contributed by atoms with van der Waals surface area (Å²) in [6.07, 6.45) is 1.35. The number of benzene rings is 1. The van der Waals surface area contributed by atoms with Crippen LogP contribution >= 0.6 is 11.6 Å². The van der Waals surface area contributed by atoms with E-state index in [9.17, 15) is 9.59 Å². The average molecular weight is 375 g/mol. The number of hydrogen-bond acceptors (Lipinski definition) is 3. The Hall–Kier alpha value is -2.34. The highest BCUT2D eigenvalue weighted by Gasteiger charge is 2.31. The van der Waals surface area contributed by atoms with Crippen LogP contribution in [0, 0.1) is 12.8 Å². The van der Waals surface area contributed by atoms with Crippen LogP contribution in [0.2, 0.25) is 5.15 Å². The van der Waals surface area contributed by atoms with Gasteiger partial charge in [0.25, 0.3) is 5.91 Å². The van der Waals surface area contributed by atoms with Gasteiger partial charge in [-0.15, -0.1) is 0 Å². The number of carbonyl (C=O) groups is 2. The molecule has 2 aromatic rings. The first-order chi connectivity index (χ1) is 12.4. The summed E-state index contributed by atoms with van der Waals surface area (Å²) in [5.41, 5.74) is 1.86. The van der Waals surface area contributed by atoms with Gasteiger partial charge in [0.15, 0.2) is 0 Å². The van der Waals surface area contributed by atoms with Crippen LogP contribution in [-0.2, 0) is 4.79 Å². The van der Waals surface area contributed by atoms with Gasteiger partial charge in [-0.3, -0.25) is 9.59 Å². The van der Waals surface area contributed by atoms with Crippen LogP contribution in [0.3, 0.4) is 0 Å². The van der Waals surface area contributed by atoms with E-state index in [1.165, 1.54) is 0 Å². The van der Waals surface area contributed by atoms with Gasteiger partial charge in [0.2, 0.25) is 5.91 Å². The van der Waals surface area contributed by atoms with Crippen LogP contribution in [-0.4, -0.2) is 58.6 Å². The number of rotatable bonds is 3. The zero-order valence-corrected chi connectivity index (χ0v) is 16.0. The average Bonchev–Trinajstić information content (AvgIpc) is 2.95. The Morgan fingerprint density at radius 3 is 2.35 bits per heavy atom. The number of hydrogen-bond donors (Lipinski definition) is 0. The largest absolute Gasteiger partial charge is 0.349 e. The minimum absolute atomic E-state index is 0.0161. The highest BCUT2D eigenvalue weighted by molar-refractivity contribution is 6.33. The lowest BCUT2D eigenvalue weighted by Crippen LogP contribution is -2.42. The van der Waals surface area contributed by atoms with Crippen molar-refractivity contribution in [1.82, 2.24) is 19.6 Å². The highest BCUT2D eigenvalue weighted by Crippen LogP contribution is 2.27. The van der Waals surface area contributed by atoms with Crippen molar-refractivity contribution in [2.75, 3.05) is 27.2 Å². The van der Waals surface area contributed by atoms with E-state index < -0.39 is 0 Å². The molecule has 1 aliphatic heterocycles. The van der Waals surface area contributed by atoms with Gasteiger partial charge in [-0.05, 0) is 31.9 Å². The van der Waals surface area contributed by atoms with E-state index >= 15 is 0 Å². The number of likely N-dealkylation sites (tertiary alicyclic amines) is 1. The maximum Gasteiger partial charge on any atom is 0.258 e. The Bertz CT molecular complexity index is 808. The fourth-order valence-corrected chi connectivity index (χ4v) is 3.69. The second kappa shape index (κ2) is 7.50. The molecule has 7 heteroatoms. The van der Waals surface area contributed by atoms with Crippen LogP contribution in [0.5, 0.6) is 0 Å². The molecule has 1 saturated heterocycles. The van der Waals surface area contributed by atoms with Gasteiger partial charge in [-0.25, -0.2) is 4.68 Å². The van der Waals surface area contributed by atoms with E-state index in [1.807, 2.05) is 30.3 Å². The molecule has 0 atom stereocenters. The molecule has 0 aliphatic carbocycles. The summed E-state index contributed by atoms with van der Waals surface area (Å²) in [6, 6.07) is 9.50. The molecule has 2 amide bonds. The zero-order valence-electron chi connectivity index (χ0n) is 15.3. The lowest BCUT2D eigenvalue weighted by atomic mass is 9.95. The normalized spacial score (nSPS) is 15.2. The highest BCUT2D eigenvalue weighted by atomic mass is 35.5. The number of aromatic nitrogens is 2. The fourth-order valence-electron chi connectivity index (χ4n) is 3.34. The van der Waals surface area contributed by atoms with E-state index in [0.717, 1.165) is 5.69 Å². The summed E-state index contributed by atoms with van der Waals surface area (Å²) in [4.78, 5) is 28.5. The Balaban J connectivity index is 1.77. The monoisotopic (exact) mass is 374 g/mol. The van der Waals surface area contributed by atoms with Gasteiger partial charge >= 0.3 is 0 Å². The van der Waals surface area contributed by atoms with Crippen molar-refractivity contribution in [3.63, 3.8) is 0 Å². The van der Waals surface area contributed by atoms with Crippen molar-refractivity contribution in [2.45, 2.75) is 19.8 Å². The maximum atomic E-state index is 13.0. The van der Waals surface area contributed by atoms with E-state index in [-0.39, 0.29) is 17.7 Å². The minimum Gasteiger partial charge on any atom is -0.349 e. The van der Waals surface area contributed by atoms with Crippen LogP contribution in [0.4, 0.5) is 0 Å². The van der Waals surface area contributed by atoms with Gasteiger partial charge in [0, 0.05) is 33.1 Å². The SMILES string of the molecule is Cc1nn(-c2ccccc2)c(Cl)c1C(=O)N1CCC(C(=O)N(C)C)CC1. The Morgan fingerprint density at radius 1 is 1.15 bits per heavy atom. The molecule has 0 N–H and O–H groups in total. The third kappa shape index (κ3) is 3.46. The Labute approximate surface area is 158 Å². The second-order valence-electron chi connectivity index (χ2n) is 6.80. The molecule has 0 saturated carbocycles. The molecule has 1 aromatic carbocycles. The zero-order chi connectivity index (χ0) is 18.8. The summed E-state index contributed by atoms with van der Waals surface area (Å²) in [5, 5.41) is 4.76. The van der Waals surface area contributed by atoms with Crippen molar-refractivity contribution < 1.29 is 9.59 Å². The van der Waals surface area contributed by atoms with Crippen LogP contribution in [0.15, 0.2) is 30.3 Å². The molecule has 1 aromatic heterocycles. The molecule has 6 nitrogen and oxygen atoms in total. The number of halogens is 1. The van der Waals surface area contributed by atoms with Crippen molar-refractivity contribution in [3.8, 4) is 5.69 Å². The van der Waals surface area contributed by atoms with Crippen LogP contribution in [0.25, 0.3) is 5.69 Å². The van der Waals surface area contributed by atoms with Crippen LogP contribution < -0.4 is 0 Å². The van der Waals surface area contributed by atoms with Crippen molar-refractivity contribution in [2.24, 2.45) is 5.92 Å². The molecule has 138 valence electrons.